The van der Waals surface area contributed by atoms with Crippen LogP contribution in [-0.4, -0.2) is 11.5 Å². The molecule has 0 saturated carbocycles. The van der Waals surface area contributed by atoms with E-state index in [-0.39, 0.29) is 5.56 Å². The SMILES string of the molecule is CCCN(Cc1ccccc1)c1nc(=O)c2ccccc2s1. The second-order valence-corrected chi connectivity index (χ2v) is 6.21. The maximum Gasteiger partial charge on any atom is 0.281 e. The molecule has 4 heteroatoms. The molecule has 0 N–H and O–H groups in total. The molecule has 0 radical (unpaired) electrons. The lowest BCUT2D eigenvalue weighted by molar-refractivity contribution is 0.762. The van der Waals surface area contributed by atoms with Crippen LogP contribution in [0.1, 0.15) is 18.9 Å². The zero-order chi connectivity index (χ0) is 15.4. The lowest BCUT2D eigenvalue weighted by Crippen LogP contribution is -2.25. The Balaban J connectivity index is 1.99. The minimum absolute atomic E-state index is 0.140. The highest BCUT2D eigenvalue weighted by Crippen LogP contribution is 2.25. The Hall–Kier alpha value is -2.20. The first-order chi connectivity index (χ1) is 10.8. The van der Waals surface area contributed by atoms with E-state index in [2.05, 4.69) is 28.9 Å². The first kappa shape index (κ1) is 14.7. The number of nitrogens with zero attached hydrogens (tertiary/aromatic N) is 2. The van der Waals surface area contributed by atoms with Gasteiger partial charge in [-0.2, -0.15) is 4.98 Å². The fourth-order valence-corrected chi connectivity index (χ4v) is 3.47. The molecule has 3 nitrogen and oxygen atoms in total. The van der Waals surface area contributed by atoms with Gasteiger partial charge >= 0.3 is 0 Å². The van der Waals surface area contributed by atoms with Crippen LogP contribution in [0.2, 0.25) is 0 Å². The Morgan fingerprint density at radius 3 is 2.55 bits per heavy atom. The summed E-state index contributed by atoms with van der Waals surface area (Å²) < 4.78 is 0.992. The third-order valence-corrected chi connectivity index (χ3v) is 4.60. The molecule has 0 amide bonds. The molecule has 1 heterocycles. The van der Waals surface area contributed by atoms with Gasteiger partial charge < -0.3 is 4.90 Å². The third kappa shape index (κ3) is 3.17. The predicted molar refractivity (Wildman–Crippen MR) is 93.7 cm³/mol. The van der Waals surface area contributed by atoms with E-state index in [1.165, 1.54) is 5.56 Å². The van der Waals surface area contributed by atoms with Gasteiger partial charge in [-0.15, -0.1) is 0 Å². The molecular weight excluding hydrogens is 292 g/mol. The molecule has 0 bridgehead atoms. The molecule has 0 unspecified atom stereocenters. The molecule has 0 atom stereocenters. The van der Waals surface area contributed by atoms with Crippen molar-refractivity contribution in [1.82, 2.24) is 4.98 Å². The van der Waals surface area contributed by atoms with Crippen LogP contribution in [0.4, 0.5) is 5.13 Å². The van der Waals surface area contributed by atoms with Gasteiger partial charge in [-0.3, -0.25) is 4.79 Å². The van der Waals surface area contributed by atoms with E-state index in [1.54, 1.807) is 11.3 Å². The zero-order valence-electron chi connectivity index (χ0n) is 12.5. The van der Waals surface area contributed by atoms with Crippen LogP contribution in [0.5, 0.6) is 0 Å². The number of anilines is 1. The van der Waals surface area contributed by atoms with E-state index in [0.29, 0.717) is 5.39 Å². The highest BCUT2D eigenvalue weighted by molar-refractivity contribution is 7.21. The van der Waals surface area contributed by atoms with Crippen LogP contribution in [-0.2, 0) is 6.54 Å². The minimum atomic E-state index is -0.140. The van der Waals surface area contributed by atoms with Gasteiger partial charge in [-0.25, -0.2) is 0 Å². The summed E-state index contributed by atoms with van der Waals surface area (Å²) in [6.07, 6.45) is 1.02. The summed E-state index contributed by atoms with van der Waals surface area (Å²) in [6, 6.07) is 18.0. The molecule has 112 valence electrons. The van der Waals surface area contributed by atoms with Crippen LogP contribution < -0.4 is 10.5 Å². The Morgan fingerprint density at radius 1 is 1.05 bits per heavy atom. The summed E-state index contributed by atoms with van der Waals surface area (Å²) in [4.78, 5) is 18.7. The smallest absolute Gasteiger partial charge is 0.281 e. The summed E-state index contributed by atoms with van der Waals surface area (Å²) >= 11 is 1.58. The van der Waals surface area contributed by atoms with Crippen LogP contribution in [0, 0.1) is 0 Å². The highest BCUT2D eigenvalue weighted by atomic mass is 32.1. The Bertz CT molecular complexity index is 814. The van der Waals surface area contributed by atoms with Crippen molar-refractivity contribution in [2.24, 2.45) is 0 Å². The second kappa shape index (κ2) is 6.71. The summed E-state index contributed by atoms with van der Waals surface area (Å²) in [6.45, 7) is 3.80. The third-order valence-electron chi connectivity index (χ3n) is 3.50. The second-order valence-electron chi connectivity index (χ2n) is 5.20. The summed E-state index contributed by atoms with van der Waals surface area (Å²) in [7, 11) is 0. The Kier molecular flexibility index (Phi) is 4.49. The fourth-order valence-electron chi connectivity index (χ4n) is 2.45. The molecule has 3 aromatic rings. The number of hydrogen-bond donors (Lipinski definition) is 0. The topological polar surface area (TPSA) is 33.2 Å². The lowest BCUT2D eigenvalue weighted by Gasteiger charge is -2.22. The monoisotopic (exact) mass is 310 g/mol. The summed E-state index contributed by atoms with van der Waals surface area (Å²) in [5, 5.41) is 1.50. The molecule has 0 aliphatic rings. The molecule has 0 aliphatic carbocycles. The number of hydrogen-bond acceptors (Lipinski definition) is 4. The number of fused-ring (bicyclic) bond motifs is 1. The van der Waals surface area contributed by atoms with E-state index in [9.17, 15) is 4.79 Å². The minimum Gasteiger partial charge on any atom is -0.344 e. The van der Waals surface area contributed by atoms with Crippen LogP contribution in [0.15, 0.2) is 59.4 Å². The lowest BCUT2D eigenvalue weighted by atomic mass is 10.2. The van der Waals surface area contributed by atoms with Crippen molar-refractivity contribution in [2.75, 3.05) is 11.4 Å². The van der Waals surface area contributed by atoms with Crippen molar-refractivity contribution < 1.29 is 0 Å². The molecule has 0 spiro atoms. The molecular formula is C18H18N2OS. The first-order valence-electron chi connectivity index (χ1n) is 7.46. The van der Waals surface area contributed by atoms with Gasteiger partial charge in [0.25, 0.3) is 5.56 Å². The van der Waals surface area contributed by atoms with Gasteiger partial charge in [-0.05, 0) is 24.1 Å². The van der Waals surface area contributed by atoms with Gasteiger partial charge in [0, 0.05) is 17.8 Å². The van der Waals surface area contributed by atoms with E-state index >= 15 is 0 Å². The van der Waals surface area contributed by atoms with Crippen molar-refractivity contribution in [3.8, 4) is 0 Å². The van der Waals surface area contributed by atoms with Crippen LogP contribution in [0.25, 0.3) is 10.1 Å². The van der Waals surface area contributed by atoms with Crippen LogP contribution >= 0.6 is 11.3 Å². The Labute approximate surface area is 133 Å². The van der Waals surface area contributed by atoms with Gasteiger partial charge in [0.15, 0.2) is 5.13 Å². The highest BCUT2D eigenvalue weighted by Gasteiger charge is 2.12. The van der Waals surface area contributed by atoms with E-state index < -0.39 is 0 Å². The van der Waals surface area contributed by atoms with Gasteiger partial charge in [-0.1, -0.05) is 60.7 Å². The predicted octanol–water partition coefficient (Wildman–Crippen LogP) is 4.07. The first-order valence-corrected chi connectivity index (χ1v) is 8.28. The molecule has 22 heavy (non-hydrogen) atoms. The normalized spacial score (nSPS) is 10.8. The van der Waals surface area contributed by atoms with E-state index in [1.807, 2.05) is 42.5 Å². The number of benzene rings is 2. The summed E-state index contributed by atoms with van der Waals surface area (Å²) in [5.74, 6) is 0. The van der Waals surface area contributed by atoms with Crippen molar-refractivity contribution in [2.45, 2.75) is 19.9 Å². The number of rotatable bonds is 5. The van der Waals surface area contributed by atoms with E-state index in [4.69, 9.17) is 0 Å². The average Bonchev–Trinajstić information content (AvgIpc) is 2.55. The molecule has 3 rings (SSSR count). The molecule has 1 aromatic heterocycles. The Morgan fingerprint density at radius 2 is 1.77 bits per heavy atom. The average molecular weight is 310 g/mol. The number of aromatic nitrogens is 1. The molecule has 2 aromatic carbocycles. The van der Waals surface area contributed by atoms with E-state index in [0.717, 1.165) is 29.3 Å². The molecule has 0 saturated heterocycles. The van der Waals surface area contributed by atoms with Gasteiger partial charge in [0.05, 0.1) is 5.39 Å². The van der Waals surface area contributed by atoms with Crippen molar-refractivity contribution in [3.05, 3.63) is 70.5 Å². The maximum atomic E-state index is 12.2. The fraction of sp³-hybridized carbons (Fsp3) is 0.222. The van der Waals surface area contributed by atoms with Gasteiger partial charge in [0.2, 0.25) is 0 Å². The largest absolute Gasteiger partial charge is 0.344 e. The maximum absolute atomic E-state index is 12.2. The van der Waals surface area contributed by atoms with Crippen molar-refractivity contribution in [1.29, 1.82) is 0 Å². The molecule has 0 fully saturated rings. The van der Waals surface area contributed by atoms with Crippen LogP contribution in [0.3, 0.4) is 0 Å². The molecule has 0 aliphatic heterocycles. The zero-order valence-corrected chi connectivity index (χ0v) is 13.3. The summed E-state index contributed by atoms with van der Waals surface area (Å²) in [5.41, 5.74) is 1.09. The van der Waals surface area contributed by atoms with Crippen molar-refractivity contribution in [3.63, 3.8) is 0 Å². The standard InChI is InChI=1S/C18H18N2OS/c1-2-12-20(13-14-8-4-3-5-9-14)18-19-17(21)15-10-6-7-11-16(15)22-18/h3-11H,2,12-13H2,1H3. The van der Waals surface area contributed by atoms with Crippen molar-refractivity contribution >= 4 is 26.6 Å². The van der Waals surface area contributed by atoms with Gasteiger partial charge in [0.1, 0.15) is 0 Å². The quantitative estimate of drug-likeness (QED) is 0.712.